The van der Waals surface area contributed by atoms with Crippen molar-refractivity contribution in [3.05, 3.63) is 70.3 Å². The van der Waals surface area contributed by atoms with Crippen molar-refractivity contribution >= 4 is 18.3 Å². The molecule has 0 radical (unpaired) electrons. The molecule has 140 valence electrons. The number of halogens is 1. The zero-order valence-corrected chi connectivity index (χ0v) is 16.7. The molecule has 0 aliphatic carbocycles. The van der Waals surface area contributed by atoms with Crippen LogP contribution >= 0.6 is 12.4 Å². The lowest BCUT2D eigenvalue weighted by Crippen LogP contribution is -2.23. The second kappa shape index (κ2) is 8.70. The molecule has 4 heteroatoms. The van der Waals surface area contributed by atoms with E-state index in [0.717, 1.165) is 19.5 Å². The molecule has 2 aromatic rings. The maximum Gasteiger partial charge on any atom is 0.220 e. The standard InChI is InChI=1S/C22H28N2O.ClH/c1-22(2,3)20-9-5-16(6-10-20)7-11-21(25)24-13-17-4-8-18-14-23-15-19(18)12-17;/h4-6,8-10,12,23H,7,11,13-15H2,1-3H3,(H,24,25);1H. The summed E-state index contributed by atoms with van der Waals surface area (Å²) < 4.78 is 0. The molecule has 3 nitrogen and oxygen atoms in total. The van der Waals surface area contributed by atoms with E-state index in [-0.39, 0.29) is 23.7 Å². The minimum Gasteiger partial charge on any atom is -0.352 e. The first kappa shape index (κ1) is 20.5. The highest BCUT2D eigenvalue weighted by molar-refractivity contribution is 5.85. The fourth-order valence-corrected chi connectivity index (χ4v) is 3.18. The molecule has 1 amide bonds. The summed E-state index contributed by atoms with van der Waals surface area (Å²) in [7, 11) is 0. The van der Waals surface area contributed by atoms with Crippen molar-refractivity contribution in [3.63, 3.8) is 0 Å². The highest BCUT2D eigenvalue weighted by Gasteiger charge is 2.13. The van der Waals surface area contributed by atoms with Crippen molar-refractivity contribution in [2.45, 2.75) is 58.7 Å². The molecule has 3 rings (SSSR count). The van der Waals surface area contributed by atoms with Gasteiger partial charge in [0.1, 0.15) is 0 Å². The molecule has 0 fully saturated rings. The van der Waals surface area contributed by atoms with Crippen LogP contribution in [0.3, 0.4) is 0 Å². The Labute approximate surface area is 163 Å². The van der Waals surface area contributed by atoms with Gasteiger partial charge in [0.15, 0.2) is 0 Å². The normalized spacial score (nSPS) is 13.0. The van der Waals surface area contributed by atoms with Crippen molar-refractivity contribution in [1.29, 1.82) is 0 Å². The van der Waals surface area contributed by atoms with Gasteiger partial charge in [-0.15, -0.1) is 12.4 Å². The van der Waals surface area contributed by atoms with Crippen molar-refractivity contribution in [2.24, 2.45) is 0 Å². The first-order chi connectivity index (χ1) is 11.9. The molecule has 26 heavy (non-hydrogen) atoms. The zero-order valence-electron chi connectivity index (χ0n) is 15.9. The van der Waals surface area contributed by atoms with Crippen LogP contribution in [-0.2, 0) is 36.3 Å². The number of hydrogen-bond acceptors (Lipinski definition) is 2. The number of rotatable bonds is 5. The number of fused-ring (bicyclic) bond motifs is 1. The van der Waals surface area contributed by atoms with Crippen LogP contribution in [0.15, 0.2) is 42.5 Å². The molecule has 0 bridgehead atoms. The van der Waals surface area contributed by atoms with E-state index >= 15 is 0 Å². The highest BCUT2D eigenvalue weighted by atomic mass is 35.5. The van der Waals surface area contributed by atoms with Crippen molar-refractivity contribution in [1.82, 2.24) is 10.6 Å². The summed E-state index contributed by atoms with van der Waals surface area (Å²) >= 11 is 0. The number of amides is 1. The van der Waals surface area contributed by atoms with Gasteiger partial charge in [-0.1, -0.05) is 63.2 Å². The lowest BCUT2D eigenvalue weighted by atomic mass is 9.86. The highest BCUT2D eigenvalue weighted by Crippen LogP contribution is 2.22. The molecule has 0 spiro atoms. The van der Waals surface area contributed by atoms with Crippen LogP contribution in [0, 0.1) is 0 Å². The summed E-state index contributed by atoms with van der Waals surface area (Å²) in [5, 5.41) is 6.38. The van der Waals surface area contributed by atoms with Gasteiger partial charge in [-0.2, -0.15) is 0 Å². The van der Waals surface area contributed by atoms with Crippen LogP contribution in [0.25, 0.3) is 0 Å². The Balaban J connectivity index is 0.00000243. The Morgan fingerprint density at radius 1 is 1.00 bits per heavy atom. The second-order valence-electron chi connectivity index (χ2n) is 7.93. The largest absolute Gasteiger partial charge is 0.352 e. The van der Waals surface area contributed by atoms with Crippen LogP contribution in [0.2, 0.25) is 0 Å². The zero-order chi connectivity index (χ0) is 17.9. The van der Waals surface area contributed by atoms with Crippen molar-refractivity contribution in [2.75, 3.05) is 0 Å². The van der Waals surface area contributed by atoms with Gasteiger partial charge in [0.05, 0.1) is 0 Å². The molecule has 1 aliphatic heterocycles. The number of benzene rings is 2. The molecule has 0 unspecified atom stereocenters. The van der Waals surface area contributed by atoms with Crippen LogP contribution < -0.4 is 10.6 Å². The topological polar surface area (TPSA) is 41.1 Å². The van der Waals surface area contributed by atoms with Gasteiger partial charge in [-0.25, -0.2) is 0 Å². The average Bonchev–Trinajstić information content (AvgIpc) is 3.05. The van der Waals surface area contributed by atoms with Gasteiger partial charge >= 0.3 is 0 Å². The molecule has 0 saturated carbocycles. The van der Waals surface area contributed by atoms with E-state index in [4.69, 9.17) is 0 Å². The fourth-order valence-electron chi connectivity index (χ4n) is 3.18. The maximum absolute atomic E-state index is 12.1. The Morgan fingerprint density at radius 3 is 2.35 bits per heavy atom. The second-order valence-corrected chi connectivity index (χ2v) is 7.93. The minimum absolute atomic E-state index is 0. The summed E-state index contributed by atoms with van der Waals surface area (Å²) in [6.45, 7) is 9.13. The van der Waals surface area contributed by atoms with Gasteiger partial charge in [0.25, 0.3) is 0 Å². The molecule has 0 aromatic heterocycles. The summed E-state index contributed by atoms with van der Waals surface area (Å²) in [5.74, 6) is 0.110. The smallest absolute Gasteiger partial charge is 0.220 e. The number of carbonyl (C=O) groups is 1. The predicted molar refractivity (Wildman–Crippen MR) is 110 cm³/mol. The molecule has 1 heterocycles. The molecule has 0 atom stereocenters. The van der Waals surface area contributed by atoms with Crippen LogP contribution in [-0.4, -0.2) is 5.91 Å². The number of aryl methyl sites for hydroxylation is 1. The van der Waals surface area contributed by atoms with E-state index < -0.39 is 0 Å². The lowest BCUT2D eigenvalue weighted by Gasteiger charge is -2.19. The summed E-state index contributed by atoms with van der Waals surface area (Å²) in [5.41, 5.74) is 6.60. The Morgan fingerprint density at radius 2 is 1.65 bits per heavy atom. The van der Waals surface area contributed by atoms with Crippen molar-refractivity contribution < 1.29 is 4.79 Å². The number of nitrogens with one attached hydrogen (secondary N) is 2. The van der Waals surface area contributed by atoms with E-state index in [9.17, 15) is 4.79 Å². The molecule has 1 aliphatic rings. The third kappa shape index (κ3) is 5.33. The molecule has 2 N–H and O–H groups in total. The monoisotopic (exact) mass is 372 g/mol. The van der Waals surface area contributed by atoms with Gasteiger partial charge in [-0.05, 0) is 39.7 Å². The first-order valence-corrected chi connectivity index (χ1v) is 9.09. The summed E-state index contributed by atoms with van der Waals surface area (Å²) in [6.07, 6.45) is 1.31. The third-order valence-corrected chi connectivity index (χ3v) is 4.85. The molecular weight excluding hydrogens is 344 g/mol. The van der Waals surface area contributed by atoms with Crippen LogP contribution in [0.4, 0.5) is 0 Å². The van der Waals surface area contributed by atoms with E-state index in [1.54, 1.807) is 0 Å². The van der Waals surface area contributed by atoms with E-state index in [0.29, 0.717) is 13.0 Å². The maximum atomic E-state index is 12.1. The van der Waals surface area contributed by atoms with Gasteiger partial charge in [0.2, 0.25) is 5.91 Å². The van der Waals surface area contributed by atoms with Crippen LogP contribution in [0.5, 0.6) is 0 Å². The van der Waals surface area contributed by atoms with E-state index in [1.165, 1.54) is 27.8 Å². The Bertz CT molecular complexity index is 748. The molecule has 2 aromatic carbocycles. The predicted octanol–water partition coefficient (Wildman–Crippen LogP) is 4.26. The number of hydrogen-bond donors (Lipinski definition) is 2. The number of carbonyl (C=O) groups excluding carboxylic acids is 1. The third-order valence-electron chi connectivity index (χ3n) is 4.85. The fraction of sp³-hybridized carbons (Fsp3) is 0.409. The Hall–Kier alpha value is -1.84. The van der Waals surface area contributed by atoms with Gasteiger partial charge in [-0.3, -0.25) is 4.79 Å². The van der Waals surface area contributed by atoms with E-state index in [2.05, 4.69) is 73.9 Å². The molecular formula is C22H29ClN2O. The Kier molecular flexibility index (Phi) is 6.85. The van der Waals surface area contributed by atoms with Gasteiger partial charge in [0, 0.05) is 26.1 Å². The van der Waals surface area contributed by atoms with Crippen molar-refractivity contribution in [3.8, 4) is 0 Å². The van der Waals surface area contributed by atoms with Crippen LogP contribution in [0.1, 0.15) is 55.0 Å². The van der Waals surface area contributed by atoms with Gasteiger partial charge < -0.3 is 10.6 Å². The SMILES string of the molecule is CC(C)(C)c1ccc(CCC(=O)NCc2ccc3c(c2)CNC3)cc1.Cl. The first-order valence-electron chi connectivity index (χ1n) is 9.09. The minimum atomic E-state index is 0. The lowest BCUT2D eigenvalue weighted by molar-refractivity contribution is -0.121. The summed E-state index contributed by atoms with van der Waals surface area (Å²) in [4.78, 5) is 12.1. The quantitative estimate of drug-likeness (QED) is 0.823. The summed E-state index contributed by atoms with van der Waals surface area (Å²) in [6, 6.07) is 15.1. The average molecular weight is 373 g/mol. The molecule has 0 saturated heterocycles. The van der Waals surface area contributed by atoms with E-state index in [1.807, 2.05) is 0 Å².